The van der Waals surface area contributed by atoms with E-state index in [4.69, 9.17) is 5.73 Å². The molecular formula is C16H25N3O. The van der Waals surface area contributed by atoms with Gasteiger partial charge in [0, 0.05) is 12.2 Å². The third-order valence-electron chi connectivity index (χ3n) is 3.83. The summed E-state index contributed by atoms with van der Waals surface area (Å²) in [5, 5.41) is 2.98. The van der Waals surface area contributed by atoms with Crippen LogP contribution >= 0.6 is 0 Å². The molecule has 20 heavy (non-hydrogen) atoms. The van der Waals surface area contributed by atoms with Crippen molar-refractivity contribution >= 4 is 11.6 Å². The molecule has 0 bridgehead atoms. The highest BCUT2D eigenvalue weighted by Gasteiger charge is 2.13. The Morgan fingerprint density at radius 2 is 1.75 bits per heavy atom. The summed E-state index contributed by atoms with van der Waals surface area (Å²) in [5.74, 6) is 0.0615. The normalized spacial score (nSPS) is 17.2. The number of likely N-dealkylation sites (tertiary alicyclic amines) is 1. The minimum Gasteiger partial charge on any atom is -0.326 e. The molecule has 1 aromatic carbocycles. The van der Waals surface area contributed by atoms with E-state index in [2.05, 4.69) is 10.2 Å². The van der Waals surface area contributed by atoms with Crippen LogP contribution in [0.25, 0.3) is 0 Å². The van der Waals surface area contributed by atoms with E-state index in [1.807, 2.05) is 24.3 Å². The van der Waals surface area contributed by atoms with Crippen LogP contribution in [0.1, 0.15) is 37.7 Å². The zero-order valence-corrected chi connectivity index (χ0v) is 12.1. The predicted molar refractivity (Wildman–Crippen MR) is 82.5 cm³/mol. The summed E-state index contributed by atoms with van der Waals surface area (Å²) in [6.07, 6.45) is 6.31. The number of amides is 1. The van der Waals surface area contributed by atoms with Crippen molar-refractivity contribution in [1.29, 1.82) is 0 Å². The molecule has 0 atom stereocenters. The van der Waals surface area contributed by atoms with Gasteiger partial charge in [-0.05, 0) is 37.6 Å². The van der Waals surface area contributed by atoms with Gasteiger partial charge in [0.2, 0.25) is 5.91 Å². The fraction of sp³-hybridized carbons (Fsp3) is 0.562. The Kier molecular flexibility index (Phi) is 6.02. The first-order valence-electron chi connectivity index (χ1n) is 7.60. The summed E-state index contributed by atoms with van der Waals surface area (Å²) in [6.45, 7) is 3.00. The van der Waals surface area contributed by atoms with Gasteiger partial charge in [-0.3, -0.25) is 9.69 Å². The molecule has 4 heteroatoms. The first-order chi connectivity index (χ1) is 9.79. The molecule has 1 fully saturated rings. The van der Waals surface area contributed by atoms with Gasteiger partial charge in [0.25, 0.3) is 0 Å². The molecule has 3 N–H and O–H groups in total. The summed E-state index contributed by atoms with van der Waals surface area (Å²) in [7, 11) is 0. The van der Waals surface area contributed by atoms with Crippen LogP contribution in [0.15, 0.2) is 24.3 Å². The fourth-order valence-corrected chi connectivity index (χ4v) is 2.68. The first kappa shape index (κ1) is 15.0. The van der Waals surface area contributed by atoms with E-state index in [1.165, 1.54) is 32.1 Å². The standard InChI is InChI=1S/C16H25N3O/c17-12-14-8-4-5-9-15(14)18-16(20)13-19-10-6-2-1-3-7-11-19/h4-5,8-9H,1-3,6-7,10-13,17H2,(H,18,20). The number of hydrogen-bond donors (Lipinski definition) is 2. The first-order valence-corrected chi connectivity index (χ1v) is 7.60. The Morgan fingerprint density at radius 1 is 1.10 bits per heavy atom. The van der Waals surface area contributed by atoms with Crippen LogP contribution in [0.3, 0.4) is 0 Å². The molecule has 0 unspecified atom stereocenters. The topological polar surface area (TPSA) is 58.4 Å². The second kappa shape index (κ2) is 8.02. The summed E-state index contributed by atoms with van der Waals surface area (Å²) < 4.78 is 0. The zero-order valence-electron chi connectivity index (χ0n) is 12.1. The maximum Gasteiger partial charge on any atom is 0.238 e. The lowest BCUT2D eigenvalue weighted by atomic mass is 10.1. The number of hydrogen-bond acceptors (Lipinski definition) is 3. The van der Waals surface area contributed by atoms with Crippen LogP contribution in [0.4, 0.5) is 5.69 Å². The van der Waals surface area contributed by atoms with Gasteiger partial charge in [-0.1, -0.05) is 37.5 Å². The van der Waals surface area contributed by atoms with Crippen LogP contribution < -0.4 is 11.1 Å². The number of carbonyl (C=O) groups is 1. The average molecular weight is 275 g/mol. The molecule has 4 nitrogen and oxygen atoms in total. The molecular weight excluding hydrogens is 250 g/mol. The Balaban J connectivity index is 1.87. The lowest BCUT2D eigenvalue weighted by Gasteiger charge is -2.24. The second-order valence-corrected chi connectivity index (χ2v) is 5.45. The second-order valence-electron chi connectivity index (χ2n) is 5.45. The van der Waals surface area contributed by atoms with Crippen LogP contribution in [-0.2, 0) is 11.3 Å². The quantitative estimate of drug-likeness (QED) is 0.887. The maximum atomic E-state index is 12.2. The van der Waals surface area contributed by atoms with E-state index in [-0.39, 0.29) is 5.91 Å². The van der Waals surface area contributed by atoms with Gasteiger partial charge in [0.05, 0.1) is 6.54 Å². The van der Waals surface area contributed by atoms with E-state index in [0.717, 1.165) is 24.3 Å². The molecule has 1 aromatic rings. The molecule has 1 saturated heterocycles. The molecule has 0 spiro atoms. The third kappa shape index (κ3) is 4.62. The number of carbonyl (C=O) groups excluding carboxylic acids is 1. The van der Waals surface area contributed by atoms with Crippen molar-refractivity contribution in [2.75, 3.05) is 25.0 Å². The van der Waals surface area contributed by atoms with Crippen molar-refractivity contribution in [3.8, 4) is 0 Å². The lowest BCUT2D eigenvalue weighted by molar-refractivity contribution is -0.117. The molecule has 1 heterocycles. The fourth-order valence-electron chi connectivity index (χ4n) is 2.68. The van der Waals surface area contributed by atoms with Gasteiger partial charge in [0.15, 0.2) is 0 Å². The van der Waals surface area contributed by atoms with Crippen molar-refractivity contribution in [3.05, 3.63) is 29.8 Å². The van der Waals surface area contributed by atoms with Crippen LogP contribution in [-0.4, -0.2) is 30.4 Å². The van der Waals surface area contributed by atoms with E-state index >= 15 is 0 Å². The molecule has 0 aromatic heterocycles. The van der Waals surface area contributed by atoms with Gasteiger partial charge >= 0.3 is 0 Å². The smallest absolute Gasteiger partial charge is 0.238 e. The van der Waals surface area contributed by atoms with Gasteiger partial charge < -0.3 is 11.1 Å². The van der Waals surface area contributed by atoms with E-state index in [1.54, 1.807) is 0 Å². The van der Waals surface area contributed by atoms with Crippen molar-refractivity contribution in [1.82, 2.24) is 4.90 Å². The maximum absolute atomic E-state index is 12.2. The largest absolute Gasteiger partial charge is 0.326 e. The number of para-hydroxylation sites is 1. The van der Waals surface area contributed by atoms with Crippen molar-refractivity contribution in [2.24, 2.45) is 5.73 Å². The monoisotopic (exact) mass is 275 g/mol. The van der Waals surface area contributed by atoms with Gasteiger partial charge in [-0.2, -0.15) is 0 Å². The molecule has 0 radical (unpaired) electrons. The number of anilines is 1. The molecule has 0 saturated carbocycles. The van der Waals surface area contributed by atoms with Gasteiger partial charge in [0.1, 0.15) is 0 Å². The number of rotatable bonds is 4. The number of nitrogens with one attached hydrogen (secondary N) is 1. The number of nitrogens with zero attached hydrogens (tertiary/aromatic N) is 1. The lowest BCUT2D eigenvalue weighted by Crippen LogP contribution is -2.35. The predicted octanol–water partition coefficient (Wildman–Crippen LogP) is 2.35. The Bertz CT molecular complexity index is 425. The van der Waals surface area contributed by atoms with E-state index in [0.29, 0.717) is 13.1 Å². The summed E-state index contributed by atoms with van der Waals surface area (Å²) in [5.41, 5.74) is 7.51. The van der Waals surface area contributed by atoms with E-state index < -0.39 is 0 Å². The van der Waals surface area contributed by atoms with Crippen molar-refractivity contribution in [3.63, 3.8) is 0 Å². The minimum absolute atomic E-state index is 0.0615. The molecule has 1 amide bonds. The highest BCUT2D eigenvalue weighted by atomic mass is 16.2. The molecule has 2 rings (SSSR count). The summed E-state index contributed by atoms with van der Waals surface area (Å²) in [6, 6.07) is 7.72. The van der Waals surface area contributed by atoms with Gasteiger partial charge in [-0.25, -0.2) is 0 Å². The molecule has 1 aliphatic rings. The molecule has 110 valence electrons. The highest BCUT2D eigenvalue weighted by Crippen LogP contribution is 2.14. The van der Waals surface area contributed by atoms with Crippen LogP contribution in [0.2, 0.25) is 0 Å². The van der Waals surface area contributed by atoms with Crippen LogP contribution in [0.5, 0.6) is 0 Å². The third-order valence-corrected chi connectivity index (χ3v) is 3.83. The Labute approximate surface area is 121 Å². The Hall–Kier alpha value is -1.39. The number of benzene rings is 1. The highest BCUT2D eigenvalue weighted by molar-refractivity contribution is 5.92. The van der Waals surface area contributed by atoms with E-state index in [9.17, 15) is 4.79 Å². The van der Waals surface area contributed by atoms with Crippen molar-refractivity contribution < 1.29 is 4.79 Å². The average Bonchev–Trinajstić information content (AvgIpc) is 2.42. The summed E-state index contributed by atoms with van der Waals surface area (Å²) in [4.78, 5) is 14.4. The zero-order chi connectivity index (χ0) is 14.2. The minimum atomic E-state index is 0.0615. The SMILES string of the molecule is NCc1ccccc1NC(=O)CN1CCCCCCC1. The van der Waals surface area contributed by atoms with Crippen molar-refractivity contribution in [2.45, 2.75) is 38.6 Å². The number of nitrogens with two attached hydrogens (primary N) is 1. The Morgan fingerprint density at radius 3 is 2.45 bits per heavy atom. The molecule has 1 aliphatic heterocycles. The van der Waals surface area contributed by atoms with Gasteiger partial charge in [-0.15, -0.1) is 0 Å². The van der Waals surface area contributed by atoms with Crippen LogP contribution in [0, 0.1) is 0 Å². The summed E-state index contributed by atoms with van der Waals surface area (Å²) >= 11 is 0. The molecule has 0 aliphatic carbocycles.